The van der Waals surface area contributed by atoms with Crippen LogP contribution in [0.5, 0.6) is 0 Å². The number of hydrogen-bond acceptors (Lipinski definition) is 4. The molecule has 5 nitrogen and oxygen atoms in total. The van der Waals surface area contributed by atoms with Crippen LogP contribution in [0.15, 0.2) is 34.6 Å². The van der Waals surface area contributed by atoms with Crippen LogP contribution in [0.1, 0.15) is 18.2 Å². The van der Waals surface area contributed by atoms with Crippen LogP contribution in [-0.2, 0) is 13.1 Å². The standard InChI is InChI=1S/C17H24FN5S.HI/c1-5-19-16(20-10-15-12-24-17(21-15)22(2)3)23(4)11-13-7-6-8-14(18)9-13;/h6-9,12H,5,10-11H2,1-4H3,(H,19,20);1H. The van der Waals surface area contributed by atoms with Gasteiger partial charge in [-0.05, 0) is 24.6 Å². The van der Waals surface area contributed by atoms with E-state index in [1.807, 2.05) is 49.3 Å². The van der Waals surface area contributed by atoms with Crippen LogP contribution in [0.2, 0.25) is 0 Å². The minimum absolute atomic E-state index is 0. The summed E-state index contributed by atoms with van der Waals surface area (Å²) in [5.41, 5.74) is 1.85. The molecule has 0 bridgehead atoms. The molecule has 8 heteroatoms. The van der Waals surface area contributed by atoms with Crippen molar-refractivity contribution in [3.05, 3.63) is 46.7 Å². The summed E-state index contributed by atoms with van der Waals surface area (Å²) in [7, 11) is 5.89. The Hall–Kier alpha value is -1.42. The molecule has 0 aliphatic rings. The first-order chi connectivity index (χ1) is 11.5. The maximum atomic E-state index is 13.3. The minimum atomic E-state index is -0.221. The van der Waals surface area contributed by atoms with Gasteiger partial charge in [-0.25, -0.2) is 14.4 Å². The van der Waals surface area contributed by atoms with Crippen molar-refractivity contribution in [2.75, 3.05) is 32.6 Å². The number of thiazole rings is 1. The molecule has 1 heterocycles. The summed E-state index contributed by atoms with van der Waals surface area (Å²) in [5, 5.41) is 6.26. The van der Waals surface area contributed by atoms with Gasteiger partial charge in [0.15, 0.2) is 11.1 Å². The van der Waals surface area contributed by atoms with E-state index in [2.05, 4.69) is 15.3 Å². The van der Waals surface area contributed by atoms with Crippen molar-refractivity contribution < 1.29 is 4.39 Å². The van der Waals surface area contributed by atoms with Gasteiger partial charge in [0.2, 0.25) is 0 Å². The third-order valence-electron chi connectivity index (χ3n) is 3.32. The first kappa shape index (κ1) is 21.6. The Bertz CT molecular complexity index is 689. The first-order valence-electron chi connectivity index (χ1n) is 7.85. The van der Waals surface area contributed by atoms with Gasteiger partial charge in [0.25, 0.3) is 0 Å². The molecule has 0 atom stereocenters. The maximum Gasteiger partial charge on any atom is 0.194 e. The molecule has 1 aromatic carbocycles. The van der Waals surface area contributed by atoms with Crippen molar-refractivity contribution in [3.63, 3.8) is 0 Å². The highest BCUT2D eigenvalue weighted by Gasteiger charge is 2.08. The average molecular weight is 477 g/mol. The van der Waals surface area contributed by atoms with Crippen molar-refractivity contribution >= 4 is 46.4 Å². The quantitative estimate of drug-likeness (QED) is 0.393. The molecule has 0 spiro atoms. The highest BCUT2D eigenvalue weighted by Crippen LogP contribution is 2.18. The highest BCUT2D eigenvalue weighted by molar-refractivity contribution is 14.0. The number of nitrogens with one attached hydrogen (secondary N) is 1. The molecule has 1 aromatic heterocycles. The number of hydrogen-bond donors (Lipinski definition) is 1. The van der Waals surface area contributed by atoms with Crippen LogP contribution >= 0.6 is 35.3 Å². The van der Waals surface area contributed by atoms with Crippen molar-refractivity contribution in [3.8, 4) is 0 Å². The molecule has 0 unspecified atom stereocenters. The predicted octanol–water partition coefficient (Wildman–Crippen LogP) is 3.56. The molecule has 0 fully saturated rings. The van der Waals surface area contributed by atoms with E-state index in [1.54, 1.807) is 23.5 Å². The molecule has 0 amide bonds. The van der Waals surface area contributed by atoms with E-state index >= 15 is 0 Å². The third kappa shape index (κ3) is 6.77. The molecule has 0 saturated carbocycles. The summed E-state index contributed by atoms with van der Waals surface area (Å²) in [6, 6.07) is 6.63. The van der Waals surface area contributed by atoms with E-state index in [-0.39, 0.29) is 29.8 Å². The Morgan fingerprint density at radius 1 is 1.32 bits per heavy atom. The zero-order valence-electron chi connectivity index (χ0n) is 15.0. The average Bonchev–Trinajstić information content (AvgIpc) is 3.00. The lowest BCUT2D eigenvalue weighted by molar-refractivity contribution is 0.474. The Morgan fingerprint density at radius 3 is 2.68 bits per heavy atom. The van der Waals surface area contributed by atoms with Gasteiger partial charge in [0.1, 0.15) is 5.82 Å². The molecule has 0 aliphatic carbocycles. The number of aliphatic imine (C=N–C) groups is 1. The normalized spacial score (nSPS) is 11.0. The molecular formula is C17H25FIN5S. The molecule has 138 valence electrons. The smallest absolute Gasteiger partial charge is 0.194 e. The number of anilines is 1. The van der Waals surface area contributed by atoms with Gasteiger partial charge >= 0.3 is 0 Å². The molecule has 0 aliphatic heterocycles. The highest BCUT2D eigenvalue weighted by atomic mass is 127. The fourth-order valence-corrected chi connectivity index (χ4v) is 2.93. The van der Waals surface area contributed by atoms with Gasteiger partial charge in [-0.2, -0.15) is 0 Å². The van der Waals surface area contributed by atoms with Gasteiger partial charge in [-0.15, -0.1) is 35.3 Å². The molecular weight excluding hydrogens is 452 g/mol. The topological polar surface area (TPSA) is 43.8 Å². The lowest BCUT2D eigenvalue weighted by Gasteiger charge is -2.22. The summed E-state index contributed by atoms with van der Waals surface area (Å²) in [5.74, 6) is 0.558. The summed E-state index contributed by atoms with van der Waals surface area (Å²) in [4.78, 5) is 13.1. The van der Waals surface area contributed by atoms with Gasteiger partial charge in [0.05, 0.1) is 12.2 Å². The molecule has 2 aromatic rings. The van der Waals surface area contributed by atoms with Gasteiger partial charge in [-0.1, -0.05) is 12.1 Å². The van der Waals surface area contributed by atoms with Crippen molar-refractivity contribution in [1.82, 2.24) is 15.2 Å². The Morgan fingerprint density at radius 2 is 2.08 bits per heavy atom. The fraction of sp³-hybridized carbons (Fsp3) is 0.412. The monoisotopic (exact) mass is 477 g/mol. The molecule has 1 N–H and O–H groups in total. The summed E-state index contributed by atoms with van der Waals surface area (Å²) < 4.78 is 13.3. The zero-order valence-corrected chi connectivity index (χ0v) is 18.1. The second-order valence-corrected chi connectivity index (χ2v) is 6.51. The number of aromatic nitrogens is 1. The van der Waals surface area contributed by atoms with E-state index in [9.17, 15) is 4.39 Å². The number of rotatable bonds is 6. The lowest BCUT2D eigenvalue weighted by atomic mass is 10.2. The van der Waals surface area contributed by atoms with Gasteiger partial charge < -0.3 is 15.1 Å². The summed E-state index contributed by atoms with van der Waals surface area (Å²) in [6.45, 7) is 3.90. The zero-order chi connectivity index (χ0) is 17.5. The van der Waals surface area contributed by atoms with Crippen LogP contribution in [0.3, 0.4) is 0 Å². The predicted molar refractivity (Wildman–Crippen MR) is 115 cm³/mol. The van der Waals surface area contributed by atoms with E-state index in [0.29, 0.717) is 13.1 Å². The maximum absolute atomic E-state index is 13.3. The Labute approximate surface area is 170 Å². The van der Waals surface area contributed by atoms with Gasteiger partial charge in [-0.3, -0.25) is 0 Å². The number of halogens is 2. The molecule has 0 saturated heterocycles. The summed E-state index contributed by atoms with van der Waals surface area (Å²) in [6.07, 6.45) is 0. The van der Waals surface area contributed by atoms with E-state index in [4.69, 9.17) is 0 Å². The molecule has 2 rings (SSSR count). The number of nitrogens with zero attached hydrogens (tertiary/aromatic N) is 4. The van der Waals surface area contributed by atoms with E-state index in [1.165, 1.54) is 6.07 Å². The van der Waals surface area contributed by atoms with Crippen molar-refractivity contribution in [2.24, 2.45) is 4.99 Å². The van der Waals surface area contributed by atoms with Gasteiger partial charge in [0, 0.05) is 39.6 Å². The fourth-order valence-electron chi connectivity index (χ4n) is 2.18. The number of guanidine groups is 1. The molecule has 25 heavy (non-hydrogen) atoms. The third-order valence-corrected chi connectivity index (χ3v) is 4.38. The van der Waals surface area contributed by atoms with E-state index in [0.717, 1.165) is 28.9 Å². The lowest BCUT2D eigenvalue weighted by Crippen LogP contribution is -2.38. The van der Waals surface area contributed by atoms with Crippen molar-refractivity contribution in [1.29, 1.82) is 0 Å². The summed E-state index contributed by atoms with van der Waals surface area (Å²) >= 11 is 1.61. The van der Waals surface area contributed by atoms with Crippen LogP contribution in [0, 0.1) is 5.82 Å². The second-order valence-electron chi connectivity index (χ2n) is 5.67. The van der Waals surface area contributed by atoms with E-state index < -0.39 is 0 Å². The van der Waals surface area contributed by atoms with Crippen LogP contribution in [-0.4, -0.2) is 43.5 Å². The minimum Gasteiger partial charge on any atom is -0.357 e. The largest absolute Gasteiger partial charge is 0.357 e. The Kier molecular flexibility index (Phi) is 9.12. The van der Waals surface area contributed by atoms with Crippen LogP contribution < -0.4 is 10.2 Å². The second kappa shape index (κ2) is 10.5. The van der Waals surface area contributed by atoms with Crippen LogP contribution in [0.4, 0.5) is 9.52 Å². The van der Waals surface area contributed by atoms with Crippen molar-refractivity contribution in [2.45, 2.75) is 20.0 Å². The first-order valence-corrected chi connectivity index (χ1v) is 8.73. The van der Waals surface area contributed by atoms with Crippen LogP contribution in [0.25, 0.3) is 0 Å². The SMILES string of the molecule is CCNC(=NCc1csc(N(C)C)n1)N(C)Cc1cccc(F)c1.I. The molecule has 0 radical (unpaired) electrons. The Balaban J connectivity index is 0.00000312. The number of benzene rings is 1.